The van der Waals surface area contributed by atoms with Gasteiger partial charge in [-0.05, 0) is 20.8 Å². The highest BCUT2D eigenvalue weighted by molar-refractivity contribution is 5.32. The van der Waals surface area contributed by atoms with E-state index in [0.717, 1.165) is 5.56 Å². The van der Waals surface area contributed by atoms with Gasteiger partial charge in [-0.3, -0.25) is 9.67 Å². The average molecular weight is 261 g/mol. The summed E-state index contributed by atoms with van der Waals surface area (Å²) in [4.78, 5) is 8.22. The van der Waals surface area contributed by atoms with Crippen molar-refractivity contribution >= 4 is 5.82 Å². The monoisotopic (exact) mass is 261 g/mol. The number of aromatic nitrogens is 4. The molecule has 2 heterocycles. The van der Waals surface area contributed by atoms with Crippen molar-refractivity contribution in [3.63, 3.8) is 0 Å². The third-order valence-corrected chi connectivity index (χ3v) is 2.66. The van der Waals surface area contributed by atoms with Crippen molar-refractivity contribution < 1.29 is 5.11 Å². The SMILES string of the molecule is CC(C)(C)n1cc(CNc2cnc(CO)cn2)cn1. The van der Waals surface area contributed by atoms with Gasteiger partial charge < -0.3 is 10.4 Å². The van der Waals surface area contributed by atoms with Crippen molar-refractivity contribution in [3.8, 4) is 0 Å². The molecule has 0 aliphatic rings. The van der Waals surface area contributed by atoms with Crippen LogP contribution in [0.1, 0.15) is 32.0 Å². The van der Waals surface area contributed by atoms with Gasteiger partial charge in [0.1, 0.15) is 5.82 Å². The topological polar surface area (TPSA) is 75.9 Å². The molecule has 0 spiro atoms. The fourth-order valence-corrected chi connectivity index (χ4v) is 1.54. The van der Waals surface area contributed by atoms with E-state index >= 15 is 0 Å². The summed E-state index contributed by atoms with van der Waals surface area (Å²) >= 11 is 0. The first-order chi connectivity index (χ1) is 8.99. The van der Waals surface area contributed by atoms with Crippen LogP contribution in [-0.4, -0.2) is 24.9 Å². The number of anilines is 1. The van der Waals surface area contributed by atoms with Crippen LogP contribution >= 0.6 is 0 Å². The Morgan fingerprint density at radius 2 is 2.00 bits per heavy atom. The Morgan fingerprint density at radius 1 is 1.21 bits per heavy atom. The van der Waals surface area contributed by atoms with Gasteiger partial charge >= 0.3 is 0 Å². The van der Waals surface area contributed by atoms with Gasteiger partial charge in [-0.2, -0.15) is 5.10 Å². The standard InChI is InChI=1S/C13H19N5O/c1-13(2,3)18-8-10(5-17-18)4-15-12-7-14-11(9-19)6-16-12/h5-8,19H,4,9H2,1-3H3,(H,15,16). The normalized spacial score (nSPS) is 11.6. The number of rotatable bonds is 4. The maximum Gasteiger partial charge on any atom is 0.144 e. The molecule has 2 aromatic rings. The number of aliphatic hydroxyl groups is 1. The number of hydrogen-bond acceptors (Lipinski definition) is 5. The fourth-order valence-electron chi connectivity index (χ4n) is 1.54. The Balaban J connectivity index is 1.96. The molecule has 2 aromatic heterocycles. The van der Waals surface area contributed by atoms with E-state index in [0.29, 0.717) is 18.1 Å². The molecular formula is C13H19N5O. The molecule has 19 heavy (non-hydrogen) atoms. The van der Waals surface area contributed by atoms with Gasteiger partial charge in [0.15, 0.2) is 0 Å². The smallest absolute Gasteiger partial charge is 0.144 e. The zero-order valence-corrected chi connectivity index (χ0v) is 11.5. The molecule has 0 fully saturated rings. The molecule has 0 amide bonds. The minimum atomic E-state index is -0.0916. The van der Waals surface area contributed by atoms with E-state index in [2.05, 4.69) is 41.2 Å². The first-order valence-electron chi connectivity index (χ1n) is 6.19. The molecule has 0 saturated heterocycles. The summed E-state index contributed by atoms with van der Waals surface area (Å²) in [5.41, 5.74) is 1.63. The second kappa shape index (κ2) is 5.36. The molecule has 0 saturated carbocycles. The molecular weight excluding hydrogens is 242 g/mol. The Bertz CT molecular complexity index is 527. The van der Waals surface area contributed by atoms with Gasteiger partial charge in [0.25, 0.3) is 0 Å². The van der Waals surface area contributed by atoms with E-state index in [9.17, 15) is 0 Å². The highest BCUT2D eigenvalue weighted by Crippen LogP contribution is 2.13. The molecule has 0 atom stereocenters. The van der Waals surface area contributed by atoms with Crippen LogP contribution in [0.4, 0.5) is 5.82 Å². The van der Waals surface area contributed by atoms with Gasteiger partial charge in [0.2, 0.25) is 0 Å². The zero-order chi connectivity index (χ0) is 13.9. The van der Waals surface area contributed by atoms with E-state index < -0.39 is 0 Å². The van der Waals surface area contributed by atoms with Crippen molar-refractivity contribution in [2.75, 3.05) is 5.32 Å². The van der Waals surface area contributed by atoms with Gasteiger partial charge in [-0.25, -0.2) is 4.98 Å². The van der Waals surface area contributed by atoms with Gasteiger partial charge in [0.05, 0.1) is 36.4 Å². The predicted octanol–water partition coefficient (Wildman–Crippen LogP) is 1.53. The van der Waals surface area contributed by atoms with E-state index in [1.807, 2.05) is 17.1 Å². The number of hydrogen-bond donors (Lipinski definition) is 2. The molecule has 0 unspecified atom stereocenters. The fraction of sp³-hybridized carbons (Fsp3) is 0.462. The Labute approximate surface area is 112 Å². The van der Waals surface area contributed by atoms with Crippen LogP contribution in [0, 0.1) is 0 Å². The summed E-state index contributed by atoms with van der Waals surface area (Å²) in [6.45, 7) is 6.87. The quantitative estimate of drug-likeness (QED) is 0.873. The molecule has 2 rings (SSSR count). The van der Waals surface area contributed by atoms with Crippen LogP contribution in [0.5, 0.6) is 0 Å². The van der Waals surface area contributed by atoms with Gasteiger partial charge in [-0.15, -0.1) is 0 Å². The molecule has 0 bridgehead atoms. The molecule has 6 heteroatoms. The molecule has 0 aliphatic carbocycles. The molecule has 0 aromatic carbocycles. The lowest BCUT2D eigenvalue weighted by Crippen LogP contribution is -2.22. The number of nitrogens with one attached hydrogen (secondary N) is 1. The van der Waals surface area contributed by atoms with E-state index in [1.165, 1.54) is 0 Å². The van der Waals surface area contributed by atoms with E-state index in [-0.39, 0.29) is 12.1 Å². The first kappa shape index (κ1) is 13.5. The van der Waals surface area contributed by atoms with Gasteiger partial charge in [0, 0.05) is 18.3 Å². The van der Waals surface area contributed by atoms with Crippen LogP contribution in [0.25, 0.3) is 0 Å². The summed E-state index contributed by atoms with van der Waals surface area (Å²) in [6, 6.07) is 0. The van der Waals surface area contributed by atoms with Crippen molar-refractivity contribution in [2.45, 2.75) is 39.5 Å². The minimum absolute atomic E-state index is 0.0131. The Kier molecular flexibility index (Phi) is 3.80. The third-order valence-electron chi connectivity index (χ3n) is 2.66. The van der Waals surface area contributed by atoms with Crippen molar-refractivity contribution in [3.05, 3.63) is 36.0 Å². The highest BCUT2D eigenvalue weighted by Gasteiger charge is 2.13. The summed E-state index contributed by atoms with van der Waals surface area (Å²) in [5.74, 6) is 0.681. The first-order valence-corrected chi connectivity index (χ1v) is 6.19. The summed E-state index contributed by atoms with van der Waals surface area (Å²) in [5, 5.41) is 16.4. The molecule has 2 N–H and O–H groups in total. The lowest BCUT2D eigenvalue weighted by Gasteiger charge is -2.18. The zero-order valence-electron chi connectivity index (χ0n) is 11.5. The Hall–Kier alpha value is -1.95. The van der Waals surface area contributed by atoms with Crippen LogP contribution in [0.2, 0.25) is 0 Å². The van der Waals surface area contributed by atoms with E-state index in [1.54, 1.807) is 12.4 Å². The molecule has 6 nitrogen and oxygen atoms in total. The lowest BCUT2D eigenvalue weighted by molar-refractivity contribution is 0.276. The largest absolute Gasteiger partial charge is 0.390 e. The maximum absolute atomic E-state index is 8.88. The predicted molar refractivity (Wildman–Crippen MR) is 72.5 cm³/mol. The summed E-state index contributed by atoms with van der Waals surface area (Å²) < 4.78 is 1.94. The van der Waals surface area contributed by atoms with Crippen molar-refractivity contribution in [1.82, 2.24) is 19.7 Å². The van der Waals surface area contributed by atoms with Crippen molar-refractivity contribution in [2.24, 2.45) is 0 Å². The summed E-state index contributed by atoms with van der Waals surface area (Å²) in [6.07, 6.45) is 7.02. The lowest BCUT2D eigenvalue weighted by atomic mass is 10.1. The van der Waals surface area contributed by atoms with E-state index in [4.69, 9.17) is 5.11 Å². The summed E-state index contributed by atoms with van der Waals surface area (Å²) in [7, 11) is 0. The maximum atomic E-state index is 8.88. The molecule has 0 radical (unpaired) electrons. The number of nitrogens with zero attached hydrogens (tertiary/aromatic N) is 4. The van der Waals surface area contributed by atoms with Crippen LogP contribution in [0.15, 0.2) is 24.8 Å². The van der Waals surface area contributed by atoms with Crippen LogP contribution in [0.3, 0.4) is 0 Å². The van der Waals surface area contributed by atoms with Gasteiger partial charge in [-0.1, -0.05) is 0 Å². The minimum Gasteiger partial charge on any atom is -0.390 e. The van der Waals surface area contributed by atoms with Crippen molar-refractivity contribution in [1.29, 1.82) is 0 Å². The van der Waals surface area contributed by atoms with Crippen LogP contribution < -0.4 is 5.32 Å². The van der Waals surface area contributed by atoms with Crippen LogP contribution in [-0.2, 0) is 18.7 Å². The second-order valence-corrected chi connectivity index (χ2v) is 5.37. The highest BCUT2D eigenvalue weighted by atomic mass is 16.3. The Morgan fingerprint density at radius 3 is 2.53 bits per heavy atom. The third kappa shape index (κ3) is 3.51. The second-order valence-electron chi connectivity index (χ2n) is 5.37. The molecule has 0 aliphatic heterocycles. The molecule has 102 valence electrons. The number of aliphatic hydroxyl groups excluding tert-OH is 1. The average Bonchev–Trinajstić information content (AvgIpc) is 2.86.